The second-order valence-electron chi connectivity index (χ2n) is 8.95. The molecule has 0 radical (unpaired) electrons. The number of carbonyl (C=O) groups excluding carboxylic acids is 3. The van der Waals surface area contributed by atoms with Crippen LogP contribution in [0.4, 0.5) is 10.5 Å². The summed E-state index contributed by atoms with van der Waals surface area (Å²) in [7, 11) is 1.55. The molecular weight excluding hydrogens is 434 g/mol. The number of nitrogens with one attached hydrogen (secondary N) is 3. The zero-order valence-electron chi connectivity index (χ0n) is 19.9. The van der Waals surface area contributed by atoms with Gasteiger partial charge in [-0.1, -0.05) is 36.4 Å². The maximum Gasteiger partial charge on any atom is 0.318 e. The molecule has 3 rings (SSSR count). The van der Waals surface area contributed by atoms with Crippen LogP contribution in [0.5, 0.6) is 0 Å². The van der Waals surface area contributed by atoms with Crippen molar-refractivity contribution >= 4 is 23.5 Å². The van der Waals surface area contributed by atoms with Gasteiger partial charge in [-0.05, 0) is 49.1 Å². The molecule has 5 N–H and O–H groups in total. The van der Waals surface area contributed by atoms with Crippen molar-refractivity contribution in [3.8, 4) is 0 Å². The Morgan fingerprint density at radius 1 is 1.12 bits per heavy atom. The highest BCUT2D eigenvalue weighted by Gasteiger charge is 2.32. The highest BCUT2D eigenvalue weighted by Crippen LogP contribution is 2.23. The van der Waals surface area contributed by atoms with Crippen molar-refractivity contribution in [3.63, 3.8) is 0 Å². The van der Waals surface area contributed by atoms with Gasteiger partial charge < -0.3 is 31.3 Å². The first kappa shape index (κ1) is 25.2. The van der Waals surface area contributed by atoms with Crippen LogP contribution in [0.3, 0.4) is 0 Å². The summed E-state index contributed by atoms with van der Waals surface area (Å²) in [6.07, 6.45) is 0.676. The van der Waals surface area contributed by atoms with Gasteiger partial charge >= 0.3 is 6.03 Å². The topological polar surface area (TPSA) is 126 Å². The van der Waals surface area contributed by atoms with Gasteiger partial charge in [-0.25, -0.2) is 4.79 Å². The lowest BCUT2D eigenvalue weighted by Gasteiger charge is -2.33. The summed E-state index contributed by atoms with van der Waals surface area (Å²) in [5.41, 5.74) is 8.50. The highest BCUT2D eigenvalue weighted by atomic mass is 16.5. The lowest BCUT2D eigenvalue weighted by molar-refractivity contribution is -0.140. The van der Waals surface area contributed by atoms with E-state index in [4.69, 9.17) is 10.5 Å². The first-order chi connectivity index (χ1) is 16.2. The molecule has 2 aromatic carbocycles. The number of anilines is 1. The third-order valence-electron chi connectivity index (χ3n) is 5.60. The van der Waals surface area contributed by atoms with Gasteiger partial charge in [0.05, 0.1) is 18.8 Å². The van der Waals surface area contributed by atoms with E-state index in [1.807, 2.05) is 48.5 Å². The number of ether oxygens (including phenoxy) is 1. The van der Waals surface area contributed by atoms with Gasteiger partial charge in [0.25, 0.3) is 0 Å². The molecule has 1 aliphatic rings. The molecule has 2 aromatic rings. The quantitative estimate of drug-likeness (QED) is 0.471. The monoisotopic (exact) mass is 467 g/mol. The van der Waals surface area contributed by atoms with Crippen LogP contribution in [0.15, 0.2) is 48.5 Å². The summed E-state index contributed by atoms with van der Waals surface area (Å²) < 4.78 is 5.79. The fraction of sp³-hybridized carbons (Fsp3) is 0.400. The molecule has 0 bridgehead atoms. The van der Waals surface area contributed by atoms with Gasteiger partial charge in [-0.15, -0.1) is 0 Å². The minimum Gasteiger partial charge on any atom is -0.374 e. The van der Waals surface area contributed by atoms with Gasteiger partial charge in [0, 0.05) is 25.8 Å². The van der Waals surface area contributed by atoms with Crippen molar-refractivity contribution in [2.45, 2.75) is 45.0 Å². The van der Waals surface area contributed by atoms with Crippen LogP contribution in [0.1, 0.15) is 30.5 Å². The average Bonchev–Trinajstić information content (AvgIpc) is 2.82. The van der Waals surface area contributed by atoms with E-state index >= 15 is 0 Å². The zero-order chi connectivity index (χ0) is 24.7. The molecule has 9 nitrogen and oxygen atoms in total. The van der Waals surface area contributed by atoms with E-state index in [9.17, 15) is 14.4 Å². The Morgan fingerprint density at radius 3 is 2.53 bits per heavy atom. The Balaban J connectivity index is 1.71. The third-order valence-corrected chi connectivity index (χ3v) is 5.60. The van der Waals surface area contributed by atoms with E-state index < -0.39 is 17.5 Å². The molecule has 182 valence electrons. The molecule has 1 atom stereocenters. The van der Waals surface area contributed by atoms with Crippen LogP contribution < -0.4 is 21.7 Å². The predicted molar refractivity (Wildman–Crippen MR) is 130 cm³/mol. The number of amides is 4. The summed E-state index contributed by atoms with van der Waals surface area (Å²) in [5.74, 6) is -0.662. The van der Waals surface area contributed by atoms with Crippen LogP contribution in [0.2, 0.25) is 0 Å². The predicted octanol–water partition coefficient (Wildman–Crippen LogP) is 1.76. The molecule has 0 aromatic heterocycles. The number of benzene rings is 2. The molecule has 0 saturated heterocycles. The number of urea groups is 1. The summed E-state index contributed by atoms with van der Waals surface area (Å²) >= 11 is 0. The minimum absolute atomic E-state index is 0.0250. The largest absolute Gasteiger partial charge is 0.374 e. The molecule has 0 fully saturated rings. The third kappa shape index (κ3) is 6.79. The second kappa shape index (κ2) is 11.1. The number of nitrogens with two attached hydrogens (primary N) is 1. The Kier molecular flexibility index (Phi) is 8.25. The first-order valence-corrected chi connectivity index (χ1v) is 11.3. The molecule has 1 heterocycles. The van der Waals surface area contributed by atoms with Crippen LogP contribution in [0, 0.1) is 0 Å². The Bertz CT molecular complexity index is 1020. The molecular formula is C25H33N5O4. The molecule has 0 saturated carbocycles. The zero-order valence-corrected chi connectivity index (χ0v) is 19.9. The van der Waals surface area contributed by atoms with E-state index in [1.54, 1.807) is 25.8 Å². The summed E-state index contributed by atoms with van der Waals surface area (Å²) in [4.78, 5) is 39.3. The maximum atomic E-state index is 13.4. The minimum atomic E-state index is -1.13. The summed E-state index contributed by atoms with van der Waals surface area (Å²) in [5, 5.41) is 8.03. The van der Waals surface area contributed by atoms with Gasteiger partial charge in [-0.3, -0.25) is 9.59 Å². The Labute approximate surface area is 200 Å². The number of hydrogen-bond donors (Lipinski definition) is 4. The van der Waals surface area contributed by atoms with Crippen molar-refractivity contribution < 1.29 is 19.1 Å². The molecule has 9 heteroatoms. The Morgan fingerprint density at radius 2 is 1.85 bits per heavy atom. The van der Waals surface area contributed by atoms with Gasteiger partial charge in [0.15, 0.2) is 0 Å². The maximum absolute atomic E-state index is 13.4. The second-order valence-corrected chi connectivity index (χ2v) is 8.95. The van der Waals surface area contributed by atoms with Crippen molar-refractivity contribution in [2.75, 3.05) is 25.5 Å². The molecule has 1 aliphatic heterocycles. The molecule has 0 aliphatic carbocycles. The molecule has 0 spiro atoms. The Hall–Kier alpha value is -3.43. The van der Waals surface area contributed by atoms with Gasteiger partial charge in [0.2, 0.25) is 11.8 Å². The van der Waals surface area contributed by atoms with Crippen LogP contribution in [-0.4, -0.2) is 54.5 Å². The van der Waals surface area contributed by atoms with Crippen molar-refractivity contribution in [1.29, 1.82) is 0 Å². The number of carbonyl (C=O) groups is 3. The number of hydrogen-bond acceptors (Lipinski definition) is 5. The summed E-state index contributed by atoms with van der Waals surface area (Å²) in [6, 6.07) is 14.1. The first-order valence-electron chi connectivity index (χ1n) is 11.3. The SMILES string of the molecule is CNC(=O)Nc1ccc2c(c1)CN(C(=O)[C@@H](COCc1ccccc1)NC(=O)C(C)(C)N)CC2. The smallest absolute Gasteiger partial charge is 0.318 e. The van der Waals surface area contributed by atoms with Crippen LogP contribution in [0.25, 0.3) is 0 Å². The van der Waals surface area contributed by atoms with E-state index in [1.165, 1.54) is 0 Å². The van der Waals surface area contributed by atoms with Gasteiger partial charge in [-0.2, -0.15) is 0 Å². The molecule has 0 unspecified atom stereocenters. The lowest BCUT2D eigenvalue weighted by atomic mass is 9.98. The van der Waals surface area contributed by atoms with E-state index in [-0.39, 0.29) is 18.5 Å². The molecule has 4 amide bonds. The lowest BCUT2D eigenvalue weighted by Crippen LogP contribution is -2.58. The number of fused-ring (bicyclic) bond motifs is 1. The van der Waals surface area contributed by atoms with Crippen LogP contribution >= 0.6 is 0 Å². The van der Waals surface area contributed by atoms with Crippen LogP contribution in [-0.2, 0) is 33.9 Å². The summed E-state index contributed by atoms with van der Waals surface area (Å²) in [6.45, 7) is 4.42. The van der Waals surface area contributed by atoms with Crippen molar-refractivity contribution in [3.05, 3.63) is 65.2 Å². The van der Waals surface area contributed by atoms with E-state index in [2.05, 4.69) is 16.0 Å². The molecule has 34 heavy (non-hydrogen) atoms. The van der Waals surface area contributed by atoms with E-state index in [0.29, 0.717) is 31.8 Å². The fourth-order valence-electron chi connectivity index (χ4n) is 3.62. The number of nitrogens with zero attached hydrogens (tertiary/aromatic N) is 1. The van der Waals surface area contributed by atoms with Crippen molar-refractivity contribution in [2.24, 2.45) is 5.73 Å². The average molecular weight is 468 g/mol. The normalized spacial score (nSPS) is 14.1. The standard InChI is InChI=1S/C25H33N5O4/c1-25(2,26)23(32)29-21(16-34-15-17-7-5-4-6-8-17)22(31)30-12-11-18-9-10-20(13-19(18)14-30)28-24(33)27-3/h4-10,13,21H,11-12,14-16,26H2,1-3H3,(H,29,32)(H2,27,28,33)/t21-/m1/s1. The fourth-order valence-corrected chi connectivity index (χ4v) is 3.62. The van der Waals surface area contributed by atoms with Gasteiger partial charge in [0.1, 0.15) is 6.04 Å². The number of rotatable bonds is 8. The van der Waals surface area contributed by atoms with Crippen molar-refractivity contribution in [1.82, 2.24) is 15.5 Å². The highest BCUT2D eigenvalue weighted by molar-refractivity contribution is 5.92. The van der Waals surface area contributed by atoms with E-state index in [0.717, 1.165) is 16.7 Å².